The molecule has 7 nitrogen and oxygen atoms in total. The predicted molar refractivity (Wildman–Crippen MR) is 167 cm³/mol. The van der Waals surface area contributed by atoms with Gasteiger partial charge in [-0.1, -0.05) is 89.9 Å². The van der Waals surface area contributed by atoms with Crippen molar-refractivity contribution in [2.45, 2.75) is 30.8 Å². The molecule has 42 heavy (non-hydrogen) atoms. The summed E-state index contributed by atoms with van der Waals surface area (Å²) < 4.78 is 29.1. The predicted octanol–water partition coefficient (Wildman–Crippen LogP) is 5.88. The molecular formula is C32H31Cl2N3O4S. The molecule has 10 heteroatoms. The van der Waals surface area contributed by atoms with E-state index < -0.39 is 28.5 Å². The van der Waals surface area contributed by atoms with E-state index >= 15 is 0 Å². The number of halogens is 2. The Labute approximate surface area is 256 Å². The molecule has 0 radical (unpaired) electrons. The Bertz CT molecular complexity index is 1650. The molecule has 1 N–H and O–H groups in total. The van der Waals surface area contributed by atoms with Gasteiger partial charge in [0.15, 0.2) is 0 Å². The molecule has 0 unspecified atom stereocenters. The normalized spacial score (nSPS) is 11.9. The number of carbonyl (C=O) groups excluding carboxylic acids is 2. The summed E-state index contributed by atoms with van der Waals surface area (Å²) in [6, 6.07) is 28.1. The molecule has 218 valence electrons. The Hall–Kier alpha value is -3.85. The zero-order valence-electron chi connectivity index (χ0n) is 23.2. The van der Waals surface area contributed by atoms with E-state index in [1.165, 1.54) is 24.1 Å². The fraction of sp³-hybridized carbons (Fsp3) is 0.188. The summed E-state index contributed by atoms with van der Waals surface area (Å²) in [4.78, 5) is 29.1. The van der Waals surface area contributed by atoms with E-state index in [2.05, 4.69) is 5.32 Å². The van der Waals surface area contributed by atoms with Gasteiger partial charge in [-0.3, -0.25) is 13.9 Å². The summed E-state index contributed by atoms with van der Waals surface area (Å²) in [5.41, 5.74) is 2.33. The largest absolute Gasteiger partial charge is 0.357 e. The van der Waals surface area contributed by atoms with Crippen LogP contribution in [0.5, 0.6) is 0 Å². The number of nitrogens with one attached hydrogen (secondary N) is 1. The Morgan fingerprint density at radius 2 is 1.48 bits per heavy atom. The number of rotatable bonds is 11. The van der Waals surface area contributed by atoms with Crippen molar-refractivity contribution in [3.63, 3.8) is 0 Å². The number of hydrogen-bond donors (Lipinski definition) is 1. The van der Waals surface area contributed by atoms with Gasteiger partial charge in [0.05, 0.1) is 10.6 Å². The molecular weight excluding hydrogens is 593 g/mol. The van der Waals surface area contributed by atoms with E-state index in [0.717, 1.165) is 9.87 Å². The first-order valence-electron chi connectivity index (χ1n) is 13.2. The lowest BCUT2D eigenvalue weighted by atomic mass is 10.0. The Morgan fingerprint density at radius 1 is 0.857 bits per heavy atom. The van der Waals surface area contributed by atoms with E-state index in [9.17, 15) is 18.0 Å². The van der Waals surface area contributed by atoms with Gasteiger partial charge in [0.1, 0.15) is 12.6 Å². The van der Waals surface area contributed by atoms with Gasteiger partial charge in [-0.15, -0.1) is 0 Å². The maximum absolute atomic E-state index is 14.3. The lowest BCUT2D eigenvalue weighted by Crippen LogP contribution is -2.53. The van der Waals surface area contributed by atoms with Gasteiger partial charge < -0.3 is 10.2 Å². The number of carbonyl (C=O) groups is 2. The zero-order valence-corrected chi connectivity index (χ0v) is 25.5. The van der Waals surface area contributed by atoms with Crippen molar-refractivity contribution in [2.75, 3.05) is 17.9 Å². The van der Waals surface area contributed by atoms with Gasteiger partial charge in [0, 0.05) is 30.1 Å². The van der Waals surface area contributed by atoms with Gasteiger partial charge in [-0.2, -0.15) is 0 Å². The minimum atomic E-state index is -4.19. The van der Waals surface area contributed by atoms with Gasteiger partial charge in [-0.25, -0.2) is 8.42 Å². The maximum Gasteiger partial charge on any atom is 0.264 e. The van der Waals surface area contributed by atoms with E-state index in [4.69, 9.17) is 23.2 Å². The van der Waals surface area contributed by atoms with Crippen molar-refractivity contribution in [1.82, 2.24) is 10.2 Å². The van der Waals surface area contributed by atoms with Crippen molar-refractivity contribution < 1.29 is 18.0 Å². The van der Waals surface area contributed by atoms with Crippen molar-refractivity contribution in [2.24, 2.45) is 0 Å². The van der Waals surface area contributed by atoms with Crippen LogP contribution < -0.4 is 9.62 Å². The summed E-state index contributed by atoms with van der Waals surface area (Å²) >= 11 is 12.7. The van der Waals surface area contributed by atoms with Crippen LogP contribution in [-0.2, 0) is 32.6 Å². The minimum Gasteiger partial charge on any atom is -0.357 e. The third-order valence-electron chi connectivity index (χ3n) is 6.85. The molecule has 4 rings (SSSR count). The molecule has 0 heterocycles. The summed E-state index contributed by atoms with van der Waals surface area (Å²) in [6.07, 6.45) is 0.210. The second-order valence-corrected chi connectivity index (χ2v) is 12.4. The summed E-state index contributed by atoms with van der Waals surface area (Å²) in [7, 11) is -2.69. The second kappa shape index (κ2) is 13.9. The lowest BCUT2D eigenvalue weighted by Gasteiger charge is -2.34. The van der Waals surface area contributed by atoms with Crippen LogP contribution in [0.25, 0.3) is 0 Å². The monoisotopic (exact) mass is 623 g/mol. The smallest absolute Gasteiger partial charge is 0.264 e. The third-order valence-corrected chi connectivity index (χ3v) is 9.23. The Morgan fingerprint density at radius 3 is 2.10 bits per heavy atom. The first-order chi connectivity index (χ1) is 20.1. The molecule has 2 amide bonds. The zero-order chi connectivity index (χ0) is 30.3. The number of sulfonamides is 1. The van der Waals surface area contributed by atoms with Crippen LogP contribution in [0.2, 0.25) is 10.0 Å². The quantitative estimate of drug-likeness (QED) is 0.226. The van der Waals surface area contributed by atoms with Crippen LogP contribution in [0, 0.1) is 6.92 Å². The highest BCUT2D eigenvalue weighted by atomic mass is 35.5. The number of anilines is 1. The molecule has 4 aromatic carbocycles. The Balaban J connectivity index is 1.81. The molecule has 0 aromatic heterocycles. The fourth-order valence-electron chi connectivity index (χ4n) is 4.66. The first kappa shape index (κ1) is 31.1. The highest BCUT2D eigenvalue weighted by Gasteiger charge is 2.35. The van der Waals surface area contributed by atoms with E-state index in [0.29, 0.717) is 26.9 Å². The van der Waals surface area contributed by atoms with Gasteiger partial charge in [0.25, 0.3) is 10.0 Å². The summed E-state index contributed by atoms with van der Waals surface area (Å²) in [5, 5.41) is 3.52. The van der Waals surface area contributed by atoms with E-state index in [-0.39, 0.29) is 23.8 Å². The van der Waals surface area contributed by atoms with Crippen molar-refractivity contribution in [3.8, 4) is 0 Å². The molecule has 0 bridgehead atoms. The molecule has 4 aromatic rings. The molecule has 0 spiro atoms. The fourth-order valence-corrected chi connectivity index (χ4v) is 6.58. The van der Waals surface area contributed by atoms with Crippen LogP contribution in [0.15, 0.2) is 108 Å². The summed E-state index contributed by atoms with van der Waals surface area (Å²) in [5.74, 6) is -0.965. The van der Waals surface area contributed by atoms with Crippen molar-refractivity contribution in [3.05, 3.63) is 130 Å². The first-order valence-corrected chi connectivity index (χ1v) is 15.4. The van der Waals surface area contributed by atoms with Gasteiger partial charge in [0.2, 0.25) is 11.8 Å². The number of nitrogens with zero attached hydrogens (tertiary/aromatic N) is 2. The second-order valence-electron chi connectivity index (χ2n) is 9.69. The van der Waals surface area contributed by atoms with Gasteiger partial charge in [-0.05, 0) is 60.0 Å². The average molecular weight is 625 g/mol. The summed E-state index contributed by atoms with van der Waals surface area (Å²) in [6.45, 7) is 1.15. The van der Waals surface area contributed by atoms with Crippen LogP contribution in [0.3, 0.4) is 0 Å². The van der Waals surface area contributed by atoms with E-state index in [1.54, 1.807) is 67.6 Å². The molecule has 1 atom stereocenters. The van der Waals surface area contributed by atoms with Crippen LogP contribution in [-0.4, -0.2) is 44.8 Å². The highest BCUT2D eigenvalue weighted by Crippen LogP contribution is 2.30. The van der Waals surface area contributed by atoms with Crippen LogP contribution in [0.1, 0.15) is 16.7 Å². The molecule has 0 aliphatic carbocycles. The Kier molecular flexibility index (Phi) is 10.3. The van der Waals surface area contributed by atoms with E-state index in [1.807, 2.05) is 30.3 Å². The number of amides is 2. The van der Waals surface area contributed by atoms with Crippen LogP contribution >= 0.6 is 23.2 Å². The van der Waals surface area contributed by atoms with Crippen molar-refractivity contribution >= 4 is 50.7 Å². The third kappa shape index (κ3) is 7.31. The standard InChI is InChI=1S/C32H31Cl2N3O4S/c1-23-19-26(33)17-18-29(23)37(42(40,41)27-14-7-4-8-15-27)22-31(38)36(21-25-13-9-10-16-28(25)34)30(32(39)35-2)20-24-11-5-3-6-12-24/h3-19,30H,20-22H2,1-2H3,(H,35,39)/t30-/m1/s1. The molecule has 0 saturated heterocycles. The molecule has 0 aliphatic heterocycles. The highest BCUT2D eigenvalue weighted by molar-refractivity contribution is 7.92. The number of likely N-dealkylation sites (N-methyl/N-ethyl adjacent to an activating group) is 1. The number of benzene rings is 4. The van der Waals surface area contributed by atoms with Crippen molar-refractivity contribution in [1.29, 1.82) is 0 Å². The SMILES string of the molecule is CNC(=O)[C@@H](Cc1ccccc1)N(Cc1ccccc1Cl)C(=O)CN(c1ccc(Cl)cc1C)S(=O)(=O)c1ccccc1. The number of aryl methyl sites for hydroxylation is 1. The number of hydrogen-bond acceptors (Lipinski definition) is 4. The van der Waals surface area contributed by atoms with Crippen LogP contribution in [0.4, 0.5) is 5.69 Å². The molecule has 0 saturated carbocycles. The minimum absolute atomic E-state index is 0.0117. The van der Waals surface area contributed by atoms with Gasteiger partial charge >= 0.3 is 0 Å². The maximum atomic E-state index is 14.3. The topological polar surface area (TPSA) is 86.8 Å². The lowest BCUT2D eigenvalue weighted by molar-refractivity contribution is -0.139. The molecule has 0 aliphatic rings. The average Bonchev–Trinajstić information content (AvgIpc) is 2.99. The molecule has 0 fully saturated rings.